The molecule has 1 aromatic heterocycles. The maximum atomic E-state index is 11.4. The molecule has 0 aromatic carbocycles. The first-order valence-corrected chi connectivity index (χ1v) is 5.88. The lowest BCUT2D eigenvalue weighted by Crippen LogP contribution is -2.22. The molecule has 2 N–H and O–H groups in total. The summed E-state index contributed by atoms with van der Waals surface area (Å²) in [6.45, 7) is 7.95. The Morgan fingerprint density at radius 2 is 2.28 bits per heavy atom. The van der Waals surface area contributed by atoms with Gasteiger partial charge in [-0.3, -0.25) is 10.0 Å². The van der Waals surface area contributed by atoms with Crippen molar-refractivity contribution in [1.82, 2.24) is 10.0 Å². The second-order valence-electron chi connectivity index (χ2n) is 4.39. The number of hydrogen-bond donors (Lipinski definition) is 2. The highest BCUT2D eigenvalue weighted by atomic mass is 16.5. The fourth-order valence-corrected chi connectivity index (χ4v) is 1.91. The largest absolute Gasteiger partial charge is 0.344 e. The topological polar surface area (TPSA) is 54.3 Å². The third-order valence-electron chi connectivity index (χ3n) is 3.05. The molecule has 0 aliphatic carbocycles. The molecule has 0 radical (unpaired) electrons. The van der Waals surface area contributed by atoms with Crippen LogP contribution in [0.15, 0.2) is 36.4 Å². The van der Waals surface area contributed by atoms with E-state index in [0.717, 1.165) is 17.7 Å². The first-order valence-electron chi connectivity index (χ1n) is 5.88. The number of nitrogens with one attached hydrogen (secondary N) is 1. The molecular formula is C14H20N2O2. The highest BCUT2D eigenvalue weighted by Gasteiger charge is 2.14. The van der Waals surface area contributed by atoms with Crippen LogP contribution in [0.5, 0.6) is 0 Å². The zero-order valence-corrected chi connectivity index (χ0v) is 11.1. The SMILES string of the molecule is C=C(C)C(C=CC)Cc1ccc(C(=O)NO)n1C. The van der Waals surface area contributed by atoms with Crippen LogP contribution in [0.2, 0.25) is 0 Å². The molecule has 0 bridgehead atoms. The monoisotopic (exact) mass is 248 g/mol. The van der Waals surface area contributed by atoms with E-state index in [1.54, 1.807) is 16.1 Å². The summed E-state index contributed by atoms with van der Waals surface area (Å²) in [6.07, 6.45) is 4.89. The van der Waals surface area contributed by atoms with Crippen LogP contribution in [0.25, 0.3) is 0 Å². The predicted molar refractivity (Wildman–Crippen MR) is 71.5 cm³/mol. The van der Waals surface area contributed by atoms with E-state index in [1.807, 2.05) is 33.0 Å². The fourth-order valence-electron chi connectivity index (χ4n) is 1.91. The Bertz CT molecular complexity index is 472. The molecule has 1 rings (SSSR count). The van der Waals surface area contributed by atoms with Gasteiger partial charge in [-0.05, 0) is 32.4 Å². The number of carbonyl (C=O) groups excluding carboxylic acids is 1. The number of rotatable bonds is 5. The van der Waals surface area contributed by atoms with Crippen LogP contribution in [0.3, 0.4) is 0 Å². The van der Waals surface area contributed by atoms with E-state index in [4.69, 9.17) is 5.21 Å². The van der Waals surface area contributed by atoms with Crippen LogP contribution in [-0.2, 0) is 13.5 Å². The van der Waals surface area contributed by atoms with Gasteiger partial charge in [0.15, 0.2) is 0 Å². The average molecular weight is 248 g/mol. The van der Waals surface area contributed by atoms with Crippen molar-refractivity contribution in [2.45, 2.75) is 20.3 Å². The molecule has 1 unspecified atom stereocenters. The van der Waals surface area contributed by atoms with Gasteiger partial charge in [-0.1, -0.05) is 24.3 Å². The van der Waals surface area contributed by atoms with Gasteiger partial charge in [-0.15, -0.1) is 0 Å². The van der Waals surface area contributed by atoms with Gasteiger partial charge in [0.2, 0.25) is 0 Å². The van der Waals surface area contributed by atoms with E-state index in [-0.39, 0.29) is 5.92 Å². The van der Waals surface area contributed by atoms with Crippen molar-refractivity contribution >= 4 is 5.91 Å². The number of allylic oxidation sites excluding steroid dienone is 3. The van der Waals surface area contributed by atoms with Gasteiger partial charge < -0.3 is 4.57 Å². The van der Waals surface area contributed by atoms with Crippen molar-refractivity contribution in [2.24, 2.45) is 13.0 Å². The molecule has 1 heterocycles. The van der Waals surface area contributed by atoms with Crippen molar-refractivity contribution in [1.29, 1.82) is 0 Å². The Kier molecular flexibility index (Phi) is 4.92. The highest BCUT2D eigenvalue weighted by Crippen LogP contribution is 2.18. The van der Waals surface area contributed by atoms with Crippen LogP contribution >= 0.6 is 0 Å². The normalized spacial score (nSPS) is 12.7. The van der Waals surface area contributed by atoms with Crippen LogP contribution < -0.4 is 5.48 Å². The minimum atomic E-state index is -0.498. The Morgan fingerprint density at radius 3 is 2.78 bits per heavy atom. The summed E-state index contributed by atoms with van der Waals surface area (Å²) in [4.78, 5) is 11.4. The summed E-state index contributed by atoms with van der Waals surface area (Å²) in [7, 11) is 1.81. The summed E-state index contributed by atoms with van der Waals surface area (Å²) < 4.78 is 1.78. The predicted octanol–water partition coefficient (Wildman–Crippen LogP) is 2.46. The number of amides is 1. The number of hydroxylamine groups is 1. The summed E-state index contributed by atoms with van der Waals surface area (Å²) in [5, 5.41) is 8.64. The summed E-state index contributed by atoms with van der Waals surface area (Å²) in [6, 6.07) is 3.59. The Hall–Kier alpha value is -1.81. The standard InChI is InChI=1S/C14H20N2O2/c1-5-6-11(10(2)3)9-12-7-8-13(16(12)4)14(17)15-18/h5-8,11,18H,2,9H2,1,3-4H3,(H,15,17). The quantitative estimate of drug-likeness (QED) is 0.478. The number of aromatic nitrogens is 1. The van der Waals surface area contributed by atoms with Gasteiger partial charge in [-0.2, -0.15) is 0 Å². The van der Waals surface area contributed by atoms with Crippen LogP contribution in [-0.4, -0.2) is 15.7 Å². The molecule has 0 fully saturated rings. The molecule has 4 nitrogen and oxygen atoms in total. The van der Waals surface area contributed by atoms with Gasteiger partial charge >= 0.3 is 0 Å². The van der Waals surface area contributed by atoms with E-state index in [1.165, 1.54) is 0 Å². The van der Waals surface area contributed by atoms with Crippen LogP contribution in [0.4, 0.5) is 0 Å². The third-order valence-corrected chi connectivity index (χ3v) is 3.05. The van der Waals surface area contributed by atoms with E-state index in [2.05, 4.69) is 12.7 Å². The van der Waals surface area contributed by atoms with Crippen molar-refractivity contribution in [3.8, 4) is 0 Å². The second-order valence-corrected chi connectivity index (χ2v) is 4.39. The average Bonchev–Trinajstić information content (AvgIpc) is 2.69. The molecular weight excluding hydrogens is 228 g/mol. The maximum absolute atomic E-state index is 11.4. The summed E-state index contributed by atoms with van der Waals surface area (Å²) in [5.74, 6) is -0.240. The van der Waals surface area contributed by atoms with Crippen LogP contribution in [0.1, 0.15) is 30.0 Å². The van der Waals surface area contributed by atoms with E-state index in [9.17, 15) is 4.79 Å². The fraction of sp³-hybridized carbons (Fsp3) is 0.357. The molecule has 1 amide bonds. The molecule has 1 atom stereocenters. The number of hydrogen-bond acceptors (Lipinski definition) is 2. The number of carbonyl (C=O) groups is 1. The van der Waals surface area contributed by atoms with E-state index >= 15 is 0 Å². The number of nitrogens with zero attached hydrogens (tertiary/aromatic N) is 1. The van der Waals surface area contributed by atoms with Gasteiger partial charge in [-0.25, -0.2) is 5.48 Å². The van der Waals surface area contributed by atoms with Gasteiger partial charge in [0.1, 0.15) is 5.69 Å². The van der Waals surface area contributed by atoms with Crippen molar-refractivity contribution < 1.29 is 10.0 Å². The molecule has 0 aliphatic heterocycles. The zero-order valence-electron chi connectivity index (χ0n) is 11.1. The molecule has 18 heavy (non-hydrogen) atoms. The first kappa shape index (κ1) is 14.3. The second kappa shape index (κ2) is 6.21. The minimum Gasteiger partial charge on any atom is -0.344 e. The molecule has 0 saturated carbocycles. The van der Waals surface area contributed by atoms with Crippen molar-refractivity contribution in [3.63, 3.8) is 0 Å². The van der Waals surface area contributed by atoms with Gasteiger partial charge in [0.05, 0.1) is 0 Å². The maximum Gasteiger partial charge on any atom is 0.291 e. The van der Waals surface area contributed by atoms with Crippen LogP contribution in [0, 0.1) is 5.92 Å². The molecule has 1 aromatic rings. The van der Waals surface area contributed by atoms with Gasteiger partial charge in [0.25, 0.3) is 5.91 Å². The molecule has 0 aliphatic rings. The first-order chi connectivity index (χ1) is 8.51. The third kappa shape index (κ3) is 3.11. The molecule has 4 heteroatoms. The lowest BCUT2D eigenvalue weighted by Gasteiger charge is -2.14. The summed E-state index contributed by atoms with van der Waals surface area (Å²) in [5.41, 5.74) is 4.20. The zero-order chi connectivity index (χ0) is 13.7. The molecule has 98 valence electrons. The smallest absolute Gasteiger partial charge is 0.291 e. The Morgan fingerprint density at radius 1 is 1.61 bits per heavy atom. The van der Waals surface area contributed by atoms with Crippen molar-refractivity contribution in [2.75, 3.05) is 0 Å². The lowest BCUT2D eigenvalue weighted by atomic mass is 9.96. The molecule has 0 spiro atoms. The Balaban J connectivity index is 2.94. The highest BCUT2D eigenvalue weighted by molar-refractivity contribution is 5.91. The molecule has 0 saturated heterocycles. The van der Waals surface area contributed by atoms with E-state index in [0.29, 0.717) is 5.69 Å². The Labute approximate surface area is 108 Å². The van der Waals surface area contributed by atoms with Crippen molar-refractivity contribution in [3.05, 3.63) is 47.8 Å². The van der Waals surface area contributed by atoms with E-state index < -0.39 is 5.91 Å². The van der Waals surface area contributed by atoms with Gasteiger partial charge in [0, 0.05) is 18.7 Å². The minimum absolute atomic E-state index is 0.258. The lowest BCUT2D eigenvalue weighted by molar-refractivity contribution is 0.0697. The summed E-state index contributed by atoms with van der Waals surface area (Å²) >= 11 is 0.